The maximum absolute atomic E-state index is 13.0. The minimum absolute atomic E-state index is 0.0753. The van der Waals surface area contributed by atoms with E-state index in [9.17, 15) is 14.7 Å². The van der Waals surface area contributed by atoms with Gasteiger partial charge in [-0.1, -0.05) is 6.08 Å². The maximum Gasteiger partial charge on any atom is 0.341 e. The van der Waals surface area contributed by atoms with Crippen molar-refractivity contribution >= 4 is 11.9 Å². The molecular weight excluding hydrogens is 342 g/mol. The standard InChI is InChI=1S/C18H23NO7/c1-10-18(26-10)8-17(9-24-17)16(2,22)14(20)23-7-11-3-5-19-6-4-12(13(11)19)25-15(18)21/h3,10,12-13,22H,4-9H2,1-2H3/t10-,12+,13+,16-,17-,18-/m0/s1. The van der Waals surface area contributed by atoms with Crippen LogP contribution in [0.5, 0.6) is 0 Å². The molecule has 4 fully saturated rings. The first-order valence-corrected chi connectivity index (χ1v) is 9.15. The van der Waals surface area contributed by atoms with Crippen molar-refractivity contribution in [1.82, 2.24) is 4.90 Å². The van der Waals surface area contributed by atoms with Crippen molar-refractivity contribution < 1.29 is 33.6 Å². The monoisotopic (exact) mass is 365 g/mol. The molecule has 0 aromatic heterocycles. The number of hydrogen-bond donors (Lipinski definition) is 1. The van der Waals surface area contributed by atoms with Gasteiger partial charge in [0.15, 0.2) is 11.2 Å². The summed E-state index contributed by atoms with van der Waals surface area (Å²) in [5.74, 6) is -1.16. The first-order valence-electron chi connectivity index (χ1n) is 9.15. The van der Waals surface area contributed by atoms with Gasteiger partial charge in [-0.2, -0.15) is 0 Å². The fraction of sp³-hybridized carbons (Fsp3) is 0.778. The van der Waals surface area contributed by atoms with Gasteiger partial charge in [-0.05, 0) is 25.8 Å². The van der Waals surface area contributed by atoms with E-state index >= 15 is 0 Å². The number of nitrogens with zero attached hydrogens (tertiary/aromatic N) is 1. The van der Waals surface area contributed by atoms with E-state index in [1.165, 1.54) is 6.92 Å². The quantitative estimate of drug-likeness (QED) is 0.350. The molecule has 5 heterocycles. The van der Waals surface area contributed by atoms with Crippen molar-refractivity contribution in [3.63, 3.8) is 0 Å². The van der Waals surface area contributed by atoms with Crippen molar-refractivity contribution in [1.29, 1.82) is 0 Å². The molecule has 0 amide bonds. The molecule has 26 heavy (non-hydrogen) atoms. The minimum atomic E-state index is -1.86. The lowest BCUT2D eigenvalue weighted by atomic mass is 9.80. The molecule has 0 aliphatic carbocycles. The number of rotatable bonds is 0. The highest BCUT2D eigenvalue weighted by Crippen LogP contribution is 2.53. The highest BCUT2D eigenvalue weighted by Gasteiger charge is 2.73. The number of hydrogen-bond acceptors (Lipinski definition) is 8. The van der Waals surface area contributed by atoms with Gasteiger partial charge < -0.3 is 24.1 Å². The predicted molar refractivity (Wildman–Crippen MR) is 86.1 cm³/mol. The van der Waals surface area contributed by atoms with Crippen LogP contribution in [0.25, 0.3) is 0 Å². The second-order valence-corrected chi connectivity index (χ2v) is 8.21. The van der Waals surface area contributed by atoms with Gasteiger partial charge in [-0.3, -0.25) is 4.90 Å². The summed E-state index contributed by atoms with van der Waals surface area (Å²) < 4.78 is 22.4. The zero-order chi connectivity index (χ0) is 18.3. The van der Waals surface area contributed by atoms with Crippen molar-refractivity contribution in [2.24, 2.45) is 0 Å². The highest BCUT2D eigenvalue weighted by molar-refractivity contribution is 5.86. The lowest BCUT2D eigenvalue weighted by Crippen LogP contribution is -2.54. The second-order valence-electron chi connectivity index (χ2n) is 8.21. The van der Waals surface area contributed by atoms with Crippen LogP contribution in [-0.4, -0.2) is 83.3 Å². The van der Waals surface area contributed by atoms with E-state index in [2.05, 4.69) is 4.90 Å². The molecule has 4 saturated heterocycles. The summed E-state index contributed by atoms with van der Waals surface area (Å²) in [7, 11) is 0. The molecule has 0 unspecified atom stereocenters. The number of epoxide rings is 2. The van der Waals surface area contributed by atoms with Gasteiger partial charge in [0.1, 0.15) is 18.3 Å². The average molecular weight is 365 g/mol. The third-order valence-electron chi connectivity index (χ3n) is 6.70. The molecule has 2 spiro atoms. The van der Waals surface area contributed by atoms with E-state index in [1.54, 1.807) is 6.92 Å². The lowest BCUT2D eigenvalue weighted by molar-refractivity contribution is -0.175. The Morgan fingerprint density at radius 3 is 2.69 bits per heavy atom. The summed E-state index contributed by atoms with van der Waals surface area (Å²) in [5, 5.41) is 10.9. The van der Waals surface area contributed by atoms with E-state index in [-0.39, 0.29) is 37.9 Å². The van der Waals surface area contributed by atoms with Crippen LogP contribution < -0.4 is 0 Å². The summed E-state index contributed by atoms with van der Waals surface area (Å²) in [6.45, 7) is 4.99. The Morgan fingerprint density at radius 1 is 1.31 bits per heavy atom. The third kappa shape index (κ3) is 2.10. The summed E-state index contributed by atoms with van der Waals surface area (Å²) in [4.78, 5) is 27.8. The van der Waals surface area contributed by atoms with Crippen LogP contribution in [0.2, 0.25) is 0 Å². The van der Waals surface area contributed by atoms with Gasteiger partial charge in [-0.25, -0.2) is 9.59 Å². The number of ether oxygens (including phenoxy) is 4. The van der Waals surface area contributed by atoms with Crippen LogP contribution in [0.3, 0.4) is 0 Å². The number of cyclic esters (lactones) is 1. The third-order valence-corrected chi connectivity index (χ3v) is 6.70. The van der Waals surface area contributed by atoms with Crippen molar-refractivity contribution in [2.45, 2.75) is 61.7 Å². The van der Waals surface area contributed by atoms with Gasteiger partial charge in [0.2, 0.25) is 0 Å². The Kier molecular flexibility index (Phi) is 3.25. The van der Waals surface area contributed by atoms with Crippen LogP contribution in [0.4, 0.5) is 0 Å². The maximum atomic E-state index is 13.0. The van der Waals surface area contributed by atoms with Crippen LogP contribution in [-0.2, 0) is 28.5 Å². The molecule has 142 valence electrons. The molecular formula is C18H23NO7. The van der Waals surface area contributed by atoms with E-state index < -0.39 is 28.7 Å². The Hall–Kier alpha value is -1.48. The molecule has 1 N–H and O–H groups in total. The Morgan fingerprint density at radius 2 is 2.04 bits per heavy atom. The van der Waals surface area contributed by atoms with Crippen LogP contribution >= 0.6 is 0 Å². The van der Waals surface area contributed by atoms with Gasteiger partial charge in [0, 0.05) is 19.5 Å². The molecule has 5 aliphatic heterocycles. The average Bonchev–Trinajstić information content (AvgIpc) is 3.40. The molecule has 0 bridgehead atoms. The largest absolute Gasteiger partial charge is 0.459 e. The molecule has 5 rings (SSSR count). The highest BCUT2D eigenvalue weighted by atomic mass is 16.7. The fourth-order valence-corrected chi connectivity index (χ4v) is 4.66. The molecule has 0 aromatic rings. The SMILES string of the molecule is C[C@@H]1O[C@@]12C[C@]1(CO1)[C@@](C)(O)C(=O)OCC1=CCN3CC[C@@H](OC2=O)[C@@H]13. The Balaban J connectivity index is 1.51. The normalized spacial score (nSPS) is 50.6. The van der Waals surface area contributed by atoms with Crippen LogP contribution in [0, 0.1) is 0 Å². The zero-order valence-electron chi connectivity index (χ0n) is 14.9. The van der Waals surface area contributed by atoms with E-state index in [1.807, 2.05) is 6.08 Å². The molecule has 8 heteroatoms. The molecule has 0 saturated carbocycles. The Labute approximate surface area is 151 Å². The summed E-state index contributed by atoms with van der Waals surface area (Å²) in [5.41, 5.74) is -3.30. The predicted octanol–water partition coefficient (Wildman–Crippen LogP) is -0.463. The summed E-state index contributed by atoms with van der Waals surface area (Å²) >= 11 is 0. The van der Waals surface area contributed by atoms with Crippen LogP contribution in [0.1, 0.15) is 26.7 Å². The zero-order valence-corrected chi connectivity index (χ0v) is 14.9. The van der Waals surface area contributed by atoms with Crippen molar-refractivity contribution in [3.8, 4) is 0 Å². The number of carbonyl (C=O) groups excluding carboxylic acids is 2. The first-order chi connectivity index (χ1) is 12.3. The molecule has 0 aromatic carbocycles. The fourth-order valence-electron chi connectivity index (χ4n) is 4.66. The lowest BCUT2D eigenvalue weighted by Gasteiger charge is -2.32. The molecule has 5 aliphatic rings. The molecule has 6 atom stereocenters. The smallest absolute Gasteiger partial charge is 0.341 e. The number of carbonyl (C=O) groups is 2. The number of aliphatic hydroxyl groups is 1. The van der Waals surface area contributed by atoms with E-state index in [4.69, 9.17) is 18.9 Å². The van der Waals surface area contributed by atoms with Crippen molar-refractivity contribution in [2.75, 3.05) is 26.3 Å². The minimum Gasteiger partial charge on any atom is -0.459 e. The van der Waals surface area contributed by atoms with E-state index in [0.29, 0.717) is 0 Å². The van der Waals surface area contributed by atoms with Crippen molar-refractivity contribution in [3.05, 3.63) is 11.6 Å². The van der Waals surface area contributed by atoms with Crippen LogP contribution in [0.15, 0.2) is 11.6 Å². The summed E-state index contributed by atoms with van der Waals surface area (Å²) in [6, 6.07) is -0.0756. The van der Waals surface area contributed by atoms with Gasteiger partial charge in [0.05, 0.1) is 18.8 Å². The van der Waals surface area contributed by atoms with Gasteiger partial charge in [0.25, 0.3) is 0 Å². The summed E-state index contributed by atoms with van der Waals surface area (Å²) in [6.07, 6.45) is 2.20. The second kappa shape index (κ2) is 5.07. The van der Waals surface area contributed by atoms with Gasteiger partial charge in [-0.15, -0.1) is 0 Å². The Bertz CT molecular complexity index is 712. The molecule has 8 nitrogen and oxygen atoms in total. The topological polar surface area (TPSA) is 101 Å². The number of esters is 2. The van der Waals surface area contributed by atoms with Gasteiger partial charge >= 0.3 is 11.9 Å². The molecule has 0 radical (unpaired) electrons. The first kappa shape index (κ1) is 16.7. The van der Waals surface area contributed by atoms with E-state index in [0.717, 1.165) is 25.1 Å².